The maximum atomic E-state index is 5.18. The maximum Gasteiger partial charge on any atom is 0.0676 e. The molecule has 1 fully saturated rings. The van der Waals surface area contributed by atoms with Crippen LogP contribution in [0.5, 0.6) is 0 Å². The number of aliphatic imine (C=N–C) groups is 2. The standard InChI is InChI=1S/C29H36N2/c1-18(19-11-9-8-10-12-19)20-13-14-21-23(20)24-22(27(2,3)4)17-29(21,28(5,6)7)26-25(24)30-15-16-31-26/h8-14,17,21,23-24H,15-16H2,1-7H3/b20-18-/t21-,23+,24-,29-/m0/s1. The molecule has 1 aliphatic heterocycles. The van der Waals surface area contributed by atoms with E-state index in [-0.39, 0.29) is 16.2 Å². The molecular formula is C29H36N2. The molecule has 1 aromatic carbocycles. The molecule has 1 saturated carbocycles. The van der Waals surface area contributed by atoms with Crippen LogP contribution in [-0.2, 0) is 0 Å². The number of hydrogen-bond acceptors (Lipinski definition) is 2. The van der Waals surface area contributed by atoms with Gasteiger partial charge in [0.1, 0.15) is 0 Å². The van der Waals surface area contributed by atoms with Gasteiger partial charge in [-0.15, -0.1) is 0 Å². The van der Waals surface area contributed by atoms with Gasteiger partial charge in [0.2, 0.25) is 0 Å². The molecule has 2 bridgehead atoms. The van der Waals surface area contributed by atoms with Crippen molar-refractivity contribution in [1.82, 2.24) is 0 Å². The molecular weight excluding hydrogens is 376 g/mol. The van der Waals surface area contributed by atoms with Gasteiger partial charge in [0.25, 0.3) is 0 Å². The number of hydrogen-bond donors (Lipinski definition) is 0. The second-order valence-electron chi connectivity index (χ2n) is 11.8. The fourth-order valence-corrected chi connectivity index (χ4v) is 6.68. The lowest BCUT2D eigenvalue weighted by molar-refractivity contribution is 0.107. The van der Waals surface area contributed by atoms with Crippen LogP contribution in [0.15, 0.2) is 69.7 Å². The highest BCUT2D eigenvalue weighted by molar-refractivity contribution is 6.48. The Balaban J connectivity index is 1.80. The van der Waals surface area contributed by atoms with Crippen LogP contribution in [0.4, 0.5) is 0 Å². The minimum atomic E-state index is -0.108. The third kappa shape index (κ3) is 2.76. The fraction of sp³-hybridized carbons (Fsp3) is 0.517. The first-order chi connectivity index (χ1) is 14.6. The van der Waals surface area contributed by atoms with Crippen LogP contribution in [0.2, 0.25) is 0 Å². The Morgan fingerprint density at radius 2 is 1.65 bits per heavy atom. The molecule has 6 rings (SSSR count). The molecule has 1 heterocycles. The molecule has 162 valence electrons. The molecule has 4 aliphatic carbocycles. The highest BCUT2D eigenvalue weighted by Crippen LogP contribution is 2.66. The average Bonchev–Trinajstić information content (AvgIpc) is 3.19. The van der Waals surface area contributed by atoms with Crippen molar-refractivity contribution in [2.45, 2.75) is 48.5 Å². The Kier molecular flexibility index (Phi) is 4.43. The van der Waals surface area contributed by atoms with E-state index in [2.05, 4.69) is 97.0 Å². The summed E-state index contributed by atoms with van der Waals surface area (Å²) in [5.41, 5.74) is 8.41. The number of rotatable bonds is 1. The van der Waals surface area contributed by atoms with Gasteiger partial charge in [-0.2, -0.15) is 0 Å². The zero-order chi connectivity index (χ0) is 22.2. The first kappa shape index (κ1) is 20.7. The second kappa shape index (κ2) is 6.64. The summed E-state index contributed by atoms with van der Waals surface area (Å²) >= 11 is 0. The SMILES string of the molecule is C/C(=C1\C=C[C@H]2[C@@H]1[C@@H]1C(C(C)(C)C)=C[C@@]2(C(C)(C)C)C2=NCCN=C21)c1ccccc1. The molecule has 0 aromatic heterocycles. The summed E-state index contributed by atoms with van der Waals surface area (Å²) < 4.78 is 0. The topological polar surface area (TPSA) is 24.7 Å². The molecule has 2 heteroatoms. The first-order valence-corrected chi connectivity index (χ1v) is 11.8. The van der Waals surface area contributed by atoms with Crippen LogP contribution >= 0.6 is 0 Å². The number of benzene rings is 1. The van der Waals surface area contributed by atoms with E-state index in [0.717, 1.165) is 13.1 Å². The van der Waals surface area contributed by atoms with Gasteiger partial charge in [0.15, 0.2) is 0 Å². The lowest BCUT2D eigenvalue weighted by Gasteiger charge is -2.61. The highest BCUT2D eigenvalue weighted by Gasteiger charge is 2.65. The van der Waals surface area contributed by atoms with Gasteiger partial charge >= 0.3 is 0 Å². The normalized spacial score (nSPS) is 33.4. The minimum Gasteiger partial charge on any atom is -0.285 e. The monoisotopic (exact) mass is 412 g/mol. The number of nitrogens with zero attached hydrogens (tertiary/aromatic N) is 2. The van der Waals surface area contributed by atoms with Crippen LogP contribution in [0, 0.1) is 34.0 Å². The predicted octanol–water partition coefficient (Wildman–Crippen LogP) is 6.81. The summed E-state index contributed by atoms with van der Waals surface area (Å²) in [5.74, 6) is 1.21. The van der Waals surface area contributed by atoms with E-state index in [4.69, 9.17) is 9.98 Å². The van der Waals surface area contributed by atoms with Crippen molar-refractivity contribution >= 4 is 17.0 Å². The molecule has 0 amide bonds. The van der Waals surface area contributed by atoms with Crippen molar-refractivity contribution in [1.29, 1.82) is 0 Å². The molecule has 0 saturated heterocycles. The molecule has 0 spiro atoms. The summed E-state index contributed by atoms with van der Waals surface area (Å²) in [7, 11) is 0. The van der Waals surface area contributed by atoms with Crippen LogP contribution in [0.25, 0.3) is 5.57 Å². The van der Waals surface area contributed by atoms with Crippen molar-refractivity contribution < 1.29 is 0 Å². The largest absolute Gasteiger partial charge is 0.285 e. The molecule has 31 heavy (non-hydrogen) atoms. The lowest BCUT2D eigenvalue weighted by atomic mass is 9.42. The van der Waals surface area contributed by atoms with Crippen molar-refractivity contribution in [3.05, 3.63) is 65.3 Å². The number of allylic oxidation sites excluding steroid dienone is 6. The Hall–Kier alpha value is -2.22. The summed E-state index contributed by atoms with van der Waals surface area (Å²) in [4.78, 5) is 10.3. The van der Waals surface area contributed by atoms with E-state index in [1.165, 1.54) is 28.1 Å². The van der Waals surface area contributed by atoms with Gasteiger partial charge in [-0.25, -0.2) is 0 Å². The first-order valence-electron chi connectivity index (χ1n) is 11.8. The van der Waals surface area contributed by atoms with Gasteiger partial charge in [0.05, 0.1) is 24.5 Å². The Labute approximate surface area is 188 Å². The van der Waals surface area contributed by atoms with Crippen LogP contribution in [0.1, 0.15) is 54.0 Å². The van der Waals surface area contributed by atoms with Crippen molar-refractivity contribution in [2.75, 3.05) is 13.1 Å². The Morgan fingerprint density at radius 3 is 2.29 bits per heavy atom. The van der Waals surface area contributed by atoms with Gasteiger partial charge in [0, 0.05) is 23.2 Å². The second-order valence-corrected chi connectivity index (χ2v) is 11.8. The highest BCUT2D eigenvalue weighted by atomic mass is 14.9. The zero-order valence-corrected chi connectivity index (χ0v) is 20.2. The molecule has 1 aromatic rings. The summed E-state index contributed by atoms with van der Waals surface area (Å²) in [6.45, 7) is 18.3. The maximum absolute atomic E-state index is 5.18. The van der Waals surface area contributed by atoms with E-state index in [1.54, 1.807) is 5.57 Å². The fourth-order valence-electron chi connectivity index (χ4n) is 6.68. The lowest BCUT2D eigenvalue weighted by Crippen LogP contribution is -2.63. The van der Waals surface area contributed by atoms with Crippen LogP contribution in [0.3, 0.4) is 0 Å². The minimum absolute atomic E-state index is 0.0508. The molecule has 0 N–H and O–H groups in total. The molecule has 4 atom stereocenters. The van der Waals surface area contributed by atoms with Crippen molar-refractivity contribution in [2.24, 2.45) is 44.0 Å². The third-order valence-corrected chi connectivity index (χ3v) is 8.16. The molecule has 0 radical (unpaired) electrons. The molecule has 0 unspecified atom stereocenters. The van der Waals surface area contributed by atoms with Gasteiger partial charge < -0.3 is 0 Å². The molecule has 5 aliphatic rings. The average molecular weight is 413 g/mol. The van der Waals surface area contributed by atoms with E-state index < -0.39 is 0 Å². The van der Waals surface area contributed by atoms with E-state index in [1.807, 2.05) is 0 Å². The van der Waals surface area contributed by atoms with Crippen molar-refractivity contribution in [3.63, 3.8) is 0 Å². The Bertz CT molecular complexity index is 1070. The predicted molar refractivity (Wildman–Crippen MR) is 133 cm³/mol. The van der Waals surface area contributed by atoms with Gasteiger partial charge in [-0.05, 0) is 34.5 Å². The smallest absolute Gasteiger partial charge is 0.0676 e. The van der Waals surface area contributed by atoms with E-state index in [0.29, 0.717) is 17.8 Å². The molecule has 2 nitrogen and oxygen atoms in total. The Morgan fingerprint density at radius 1 is 0.968 bits per heavy atom. The van der Waals surface area contributed by atoms with Gasteiger partial charge in [-0.3, -0.25) is 9.98 Å². The van der Waals surface area contributed by atoms with Crippen LogP contribution < -0.4 is 0 Å². The van der Waals surface area contributed by atoms with Crippen molar-refractivity contribution in [3.8, 4) is 0 Å². The zero-order valence-electron chi connectivity index (χ0n) is 20.2. The third-order valence-electron chi connectivity index (χ3n) is 8.16. The summed E-state index contributed by atoms with van der Waals surface area (Å²) in [5, 5.41) is 0. The summed E-state index contributed by atoms with van der Waals surface area (Å²) in [6.07, 6.45) is 7.59. The van der Waals surface area contributed by atoms with Gasteiger partial charge in [-0.1, -0.05) is 95.7 Å². The van der Waals surface area contributed by atoms with Crippen LogP contribution in [-0.4, -0.2) is 24.5 Å². The summed E-state index contributed by atoms with van der Waals surface area (Å²) in [6, 6.07) is 10.9. The van der Waals surface area contributed by atoms with E-state index >= 15 is 0 Å². The van der Waals surface area contributed by atoms with E-state index in [9.17, 15) is 0 Å². The quantitative estimate of drug-likeness (QED) is 0.453.